The number of anilines is 1. The number of aromatic nitrogens is 4. The zero-order valence-corrected chi connectivity index (χ0v) is 15.9. The molecule has 30 heavy (non-hydrogen) atoms. The molecule has 0 amide bonds. The first-order valence-electron chi connectivity index (χ1n) is 9.35. The van der Waals surface area contributed by atoms with E-state index in [1.807, 2.05) is 30.3 Å². The monoisotopic (exact) mass is 409 g/mol. The minimum Gasteiger partial charge on any atom is -0.394 e. The standard InChI is InChI=1S/C20H19N5O5/c1-29-24-18-14-19(23-13(22-18)8-7-11-5-3-2-4-6-11)25(10-21-14)15-17-20(15,28)16(27)12(9-26)30-17/h2-6,10,12,15-17,26-28H,9H2,1H3,(H,22,23,24)/t12-,15?,16-,17+,20-/m1/s1. The molecule has 1 unspecified atom stereocenters. The lowest BCUT2D eigenvalue weighted by Crippen LogP contribution is -2.39. The number of fused-ring (bicyclic) bond motifs is 2. The molecule has 1 aliphatic carbocycles. The summed E-state index contributed by atoms with van der Waals surface area (Å²) in [6, 6.07) is 8.84. The number of aliphatic hydroxyl groups excluding tert-OH is 2. The zero-order valence-electron chi connectivity index (χ0n) is 15.9. The molecule has 0 radical (unpaired) electrons. The van der Waals surface area contributed by atoms with Gasteiger partial charge in [-0.1, -0.05) is 24.1 Å². The second kappa shape index (κ2) is 7.02. The normalized spacial score (nSPS) is 29.3. The van der Waals surface area contributed by atoms with Crippen LogP contribution in [0.15, 0.2) is 36.7 Å². The van der Waals surface area contributed by atoms with Gasteiger partial charge in [-0.15, -0.1) is 0 Å². The Balaban J connectivity index is 1.56. The molecule has 1 saturated carbocycles. The van der Waals surface area contributed by atoms with Crippen molar-refractivity contribution in [1.82, 2.24) is 19.5 Å². The van der Waals surface area contributed by atoms with E-state index < -0.39 is 30.0 Å². The van der Waals surface area contributed by atoms with Gasteiger partial charge in [0.2, 0.25) is 5.82 Å². The molecule has 1 saturated heterocycles. The van der Waals surface area contributed by atoms with Gasteiger partial charge >= 0.3 is 0 Å². The van der Waals surface area contributed by atoms with Crippen LogP contribution in [0.25, 0.3) is 11.2 Å². The second-order valence-corrected chi connectivity index (χ2v) is 7.20. The number of hydrogen-bond acceptors (Lipinski definition) is 9. The molecular formula is C20H19N5O5. The fraction of sp³-hybridized carbons (Fsp3) is 0.350. The predicted molar refractivity (Wildman–Crippen MR) is 104 cm³/mol. The van der Waals surface area contributed by atoms with Gasteiger partial charge in [-0.2, -0.15) is 4.98 Å². The minimum absolute atomic E-state index is 0.236. The molecule has 2 aromatic heterocycles. The van der Waals surface area contributed by atoms with Crippen molar-refractivity contribution in [1.29, 1.82) is 0 Å². The summed E-state index contributed by atoms with van der Waals surface area (Å²) in [5, 5.41) is 30.5. The topological polar surface area (TPSA) is 135 Å². The highest BCUT2D eigenvalue weighted by Crippen LogP contribution is 2.59. The van der Waals surface area contributed by atoms with Crippen LogP contribution in [0.4, 0.5) is 5.82 Å². The molecule has 1 aromatic carbocycles. The lowest BCUT2D eigenvalue weighted by atomic mass is 10.1. The number of imidazole rings is 1. The lowest BCUT2D eigenvalue weighted by Gasteiger charge is -2.21. The van der Waals surface area contributed by atoms with Crippen LogP contribution < -0.4 is 5.48 Å². The summed E-state index contributed by atoms with van der Waals surface area (Å²) in [4.78, 5) is 18.2. The van der Waals surface area contributed by atoms with Gasteiger partial charge in [0.05, 0.1) is 26.1 Å². The largest absolute Gasteiger partial charge is 0.394 e. The summed E-state index contributed by atoms with van der Waals surface area (Å²) < 4.78 is 7.22. The van der Waals surface area contributed by atoms with Gasteiger partial charge < -0.3 is 24.6 Å². The third kappa shape index (κ3) is 2.76. The van der Waals surface area contributed by atoms with Gasteiger partial charge in [0.25, 0.3) is 0 Å². The first-order chi connectivity index (χ1) is 14.6. The van der Waals surface area contributed by atoms with Crippen molar-refractivity contribution >= 4 is 17.0 Å². The number of aliphatic hydroxyl groups is 3. The summed E-state index contributed by atoms with van der Waals surface area (Å²) in [5.41, 5.74) is 2.80. The Morgan fingerprint density at radius 1 is 1.27 bits per heavy atom. The molecule has 10 heteroatoms. The van der Waals surface area contributed by atoms with Crippen LogP contribution in [0.3, 0.4) is 0 Å². The van der Waals surface area contributed by atoms with Gasteiger partial charge in [0.15, 0.2) is 17.0 Å². The maximum Gasteiger partial charge on any atom is 0.209 e. The fourth-order valence-electron chi connectivity index (χ4n) is 3.94. The van der Waals surface area contributed by atoms with Crippen LogP contribution in [-0.4, -0.2) is 72.5 Å². The average molecular weight is 409 g/mol. The molecule has 5 atom stereocenters. The number of nitrogens with one attached hydrogen (secondary N) is 1. The van der Waals surface area contributed by atoms with Gasteiger partial charge in [-0.25, -0.2) is 15.4 Å². The van der Waals surface area contributed by atoms with E-state index in [1.54, 1.807) is 4.57 Å². The maximum atomic E-state index is 10.9. The SMILES string of the molecule is CONc1nc(C#Cc2ccccc2)nc2c1ncn2C1[C@@H]2O[C@H](CO)[C@@H](O)[C@]12O. The van der Waals surface area contributed by atoms with E-state index in [0.29, 0.717) is 17.0 Å². The minimum atomic E-state index is -1.52. The summed E-state index contributed by atoms with van der Waals surface area (Å²) >= 11 is 0. The van der Waals surface area contributed by atoms with E-state index in [0.717, 1.165) is 5.56 Å². The number of benzene rings is 1. The fourth-order valence-corrected chi connectivity index (χ4v) is 3.94. The molecule has 1 aliphatic heterocycles. The van der Waals surface area contributed by atoms with Gasteiger partial charge in [0.1, 0.15) is 23.9 Å². The molecule has 2 fully saturated rings. The molecule has 0 bridgehead atoms. The third-order valence-corrected chi connectivity index (χ3v) is 5.45. The van der Waals surface area contributed by atoms with Crippen LogP contribution >= 0.6 is 0 Å². The number of nitrogens with zero attached hydrogens (tertiary/aromatic N) is 4. The van der Waals surface area contributed by atoms with E-state index in [4.69, 9.17) is 9.57 Å². The highest BCUT2D eigenvalue weighted by atomic mass is 16.6. The molecule has 3 heterocycles. The van der Waals surface area contributed by atoms with E-state index in [-0.39, 0.29) is 12.4 Å². The van der Waals surface area contributed by atoms with Crippen molar-refractivity contribution in [3.63, 3.8) is 0 Å². The van der Waals surface area contributed by atoms with E-state index >= 15 is 0 Å². The Bertz CT molecular complexity index is 1160. The Hall–Kier alpha value is -3.07. The third-order valence-electron chi connectivity index (χ3n) is 5.45. The average Bonchev–Trinajstić information content (AvgIpc) is 3.03. The summed E-state index contributed by atoms with van der Waals surface area (Å²) in [7, 11) is 1.45. The number of ether oxygens (including phenoxy) is 1. The van der Waals surface area contributed by atoms with Crippen molar-refractivity contribution in [3.8, 4) is 11.8 Å². The predicted octanol–water partition coefficient (Wildman–Crippen LogP) is -0.394. The lowest BCUT2D eigenvalue weighted by molar-refractivity contribution is -0.0612. The van der Waals surface area contributed by atoms with Crippen molar-refractivity contribution < 1.29 is 24.9 Å². The van der Waals surface area contributed by atoms with E-state index in [2.05, 4.69) is 32.3 Å². The van der Waals surface area contributed by atoms with Gasteiger partial charge in [-0.3, -0.25) is 4.84 Å². The quantitative estimate of drug-likeness (QED) is 0.335. The molecule has 3 aromatic rings. The zero-order chi connectivity index (χ0) is 20.9. The number of hydrogen-bond donors (Lipinski definition) is 4. The summed E-state index contributed by atoms with van der Waals surface area (Å²) in [6.45, 7) is -0.374. The van der Waals surface area contributed by atoms with Crippen LogP contribution in [0.2, 0.25) is 0 Å². The van der Waals surface area contributed by atoms with Crippen molar-refractivity contribution in [2.24, 2.45) is 0 Å². The first kappa shape index (κ1) is 18.9. The maximum absolute atomic E-state index is 10.9. The van der Waals surface area contributed by atoms with E-state index in [9.17, 15) is 15.3 Å². The summed E-state index contributed by atoms with van der Waals surface area (Å²) in [5.74, 6) is 6.49. The molecule has 10 nitrogen and oxygen atoms in total. The van der Waals surface area contributed by atoms with Gasteiger partial charge in [-0.05, 0) is 18.1 Å². The molecule has 2 aliphatic rings. The molecular weight excluding hydrogens is 390 g/mol. The van der Waals surface area contributed by atoms with Crippen LogP contribution in [-0.2, 0) is 9.57 Å². The van der Waals surface area contributed by atoms with E-state index in [1.165, 1.54) is 13.4 Å². The smallest absolute Gasteiger partial charge is 0.209 e. The Morgan fingerprint density at radius 2 is 2.07 bits per heavy atom. The summed E-state index contributed by atoms with van der Waals surface area (Å²) in [6.07, 6.45) is -1.21. The van der Waals surface area contributed by atoms with Crippen LogP contribution in [0, 0.1) is 11.8 Å². The first-order valence-corrected chi connectivity index (χ1v) is 9.35. The highest BCUT2D eigenvalue weighted by Gasteiger charge is 2.77. The number of rotatable bonds is 4. The Kier molecular flexibility index (Phi) is 4.43. The highest BCUT2D eigenvalue weighted by molar-refractivity contribution is 5.83. The van der Waals surface area contributed by atoms with Crippen molar-refractivity contribution in [2.45, 2.75) is 30.0 Å². The molecule has 4 N–H and O–H groups in total. The Morgan fingerprint density at radius 3 is 2.73 bits per heavy atom. The van der Waals surface area contributed by atoms with Crippen molar-refractivity contribution in [2.75, 3.05) is 19.2 Å². The Labute approximate surface area is 171 Å². The van der Waals surface area contributed by atoms with Crippen molar-refractivity contribution in [3.05, 3.63) is 48.0 Å². The van der Waals surface area contributed by atoms with Crippen LogP contribution in [0.5, 0.6) is 0 Å². The molecule has 154 valence electrons. The molecule has 5 rings (SSSR count). The second-order valence-electron chi connectivity index (χ2n) is 7.20. The van der Waals surface area contributed by atoms with Gasteiger partial charge in [0, 0.05) is 5.56 Å². The molecule has 0 spiro atoms. The van der Waals surface area contributed by atoms with Crippen LogP contribution in [0.1, 0.15) is 17.4 Å².